The molecule has 0 saturated heterocycles. The third-order valence-electron chi connectivity index (χ3n) is 4.76. The fourth-order valence-electron chi connectivity index (χ4n) is 3.48. The van der Waals surface area contributed by atoms with Crippen molar-refractivity contribution < 1.29 is 9.53 Å². The van der Waals surface area contributed by atoms with E-state index in [0.29, 0.717) is 30.1 Å². The van der Waals surface area contributed by atoms with Crippen LogP contribution >= 0.6 is 0 Å². The van der Waals surface area contributed by atoms with Gasteiger partial charge in [0.05, 0.1) is 13.0 Å². The van der Waals surface area contributed by atoms with Crippen LogP contribution in [-0.2, 0) is 17.8 Å². The molecule has 0 bridgehead atoms. The zero-order valence-corrected chi connectivity index (χ0v) is 17.5. The summed E-state index contributed by atoms with van der Waals surface area (Å²) >= 11 is 0. The SMILES string of the molecule is CCOc1ccc(CC(=O)Nc2cccc3c(=O)n(CC(C)C)ccc23)cc1C. The summed E-state index contributed by atoms with van der Waals surface area (Å²) in [5, 5.41) is 4.33. The first-order valence-corrected chi connectivity index (χ1v) is 10.0. The summed E-state index contributed by atoms with van der Waals surface area (Å²) in [7, 11) is 0. The number of hydrogen-bond acceptors (Lipinski definition) is 3. The van der Waals surface area contributed by atoms with Gasteiger partial charge in [0.15, 0.2) is 0 Å². The molecule has 0 atom stereocenters. The van der Waals surface area contributed by atoms with Gasteiger partial charge >= 0.3 is 0 Å². The molecule has 0 unspecified atom stereocenters. The highest BCUT2D eigenvalue weighted by Crippen LogP contribution is 2.22. The van der Waals surface area contributed by atoms with E-state index >= 15 is 0 Å². The summed E-state index contributed by atoms with van der Waals surface area (Å²) in [5.74, 6) is 1.10. The first kappa shape index (κ1) is 20.6. The van der Waals surface area contributed by atoms with Crippen molar-refractivity contribution in [3.63, 3.8) is 0 Å². The zero-order chi connectivity index (χ0) is 21.0. The fourth-order valence-corrected chi connectivity index (χ4v) is 3.48. The van der Waals surface area contributed by atoms with Gasteiger partial charge in [-0.3, -0.25) is 9.59 Å². The fraction of sp³-hybridized carbons (Fsp3) is 0.333. The highest BCUT2D eigenvalue weighted by molar-refractivity contribution is 6.02. The van der Waals surface area contributed by atoms with Crippen LogP contribution in [0.3, 0.4) is 0 Å². The van der Waals surface area contributed by atoms with Crippen LogP contribution < -0.4 is 15.6 Å². The van der Waals surface area contributed by atoms with E-state index in [1.54, 1.807) is 22.9 Å². The quantitative estimate of drug-likeness (QED) is 0.642. The van der Waals surface area contributed by atoms with Crippen LogP contribution in [0.1, 0.15) is 31.9 Å². The van der Waals surface area contributed by atoms with Gasteiger partial charge < -0.3 is 14.6 Å². The Kier molecular flexibility index (Phi) is 6.37. The highest BCUT2D eigenvalue weighted by atomic mass is 16.5. The molecule has 1 amide bonds. The first-order chi connectivity index (χ1) is 13.9. The Balaban J connectivity index is 1.81. The van der Waals surface area contributed by atoms with Gasteiger partial charge in [-0.1, -0.05) is 32.0 Å². The van der Waals surface area contributed by atoms with Gasteiger partial charge in [0.25, 0.3) is 5.56 Å². The summed E-state index contributed by atoms with van der Waals surface area (Å²) in [6, 6.07) is 13.1. The molecule has 0 spiro atoms. The minimum absolute atomic E-state index is 0.0329. The maximum atomic E-state index is 12.8. The molecule has 1 heterocycles. The first-order valence-electron chi connectivity index (χ1n) is 10.0. The lowest BCUT2D eigenvalue weighted by atomic mass is 10.1. The van der Waals surface area contributed by atoms with E-state index in [-0.39, 0.29) is 17.9 Å². The topological polar surface area (TPSA) is 60.3 Å². The second-order valence-corrected chi connectivity index (χ2v) is 7.69. The normalized spacial score (nSPS) is 11.1. The number of ether oxygens (including phenoxy) is 1. The molecule has 0 aliphatic rings. The van der Waals surface area contributed by atoms with Crippen molar-refractivity contribution in [3.8, 4) is 5.75 Å². The van der Waals surface area contributed by atoms with Crippen molar-refractivity contribution in [2.45, 2.75) is 40.7 Å². The monoisotopic (exact) mass is 392 g/mol. The number of benzene rings is 2. The molecule has 3 rings (SSSR count). The van der Waals surface area contributed by atoms with Crippen molar-refractivity contribution in [1.82, 2.24) is 4.57 Å². The maximum Gasteiger partial charge on any atom is 0.258 e. The molecule has 0 radical (unpaired) electrons. The number of anilines is 1. The van der Waals surface area contributed by atoms with Crippen LogP contribution in [0, 0.1) is 12.8 Å². The molecule has 5 heteroatoms. The predicted molar refractivity (Wildman–Crippen MR) is 118 cm³/mol. The van der Waals surface area contributed by atoms with Crippen LogP contribution in [0.4, 0.5) is 5.69 Å². The van der Waals surface area contributed by atoms with Crippen LogP contribution in [0.5, 0.6) is 5.75 Å². The van der Waals surface area contributed by atoms with Gasteiger partial charge in [0, 0.05) is 29.2 Å². The molecule has 29 heavy (non-hydrogen) atoms. The summed E-state index contributed by atoms with van der Waals surface area (Å²) in [5.41, 5.74) is 2.55. The van der Waals surface area contributed by atoms with Gasteiger partial charge in [-0.15, -0.1) is 0 Å². The number of nitrogens with one attached hydrogen (secondary N) is 1. The molecule has 0 fully saturated rings. The van der Waals surface area contributed by atoms with E-state index in [9.17, 15) is 9.59 Å². The number of fused-ring (bicyclic) bond motifs is 1. The standard InChI is InChI=1S/C24H28N2O3/c1-5-29-22-10-9-18(13-17(22)4)14-23(27)25-21-8-6-7-20-19(21)11-12-26(24(20)28)15-16(2)3/h6-13,16H,5,14-15H2,1-4H3,(H,25,27). The number of nitrogens with zero attached hydrogens (tertiary/aromatic N) is 1. The molecule has 1 N–H and O–H groups in total. The number of amides is 1. The largest absolute Gasteiger partial charge is 0.494 e. The molecule has 2 aromatic carbocycles. The lowest BCUT2D eigenvalue weighted by Gasteiger charge is -2.13. The van der Waals surface area contributed by atoms with Gasteiger partial charge in [-0.25, -0.2) is 0 Å². The van der Waals surface area contributed by atoms with Crippen LogP contribution in [0.25, 0.3) is 10.8 Å². The lowest BCUT2D eigenvalue weighted by molar-refractivity contribution is -0.115. The molecule has 0 aliphatic carbocycles. The molecule has 1 aromatic heterocycles. The molecule has 0 saturated carbocycles. The Hall–Kier alpha value is -3.08. The molecule has 0 aliphatic heterocycles. The van der Waals surface area contributed by atoms with Gasteiger partial charge in [0.2, 0.25) is 5.91 Å². The Bertz CT molecular complexity index is 1080. The molecule has 152 valence electrons. The Labute approximate surface area is 171 Å². The number of aromatic nitrogens is 1. The number of hydrogen-bond donors (Lipinski definition) is 1. The van der Waals surface area contributed by atoms with Crippen molar-refractivity contribution in [3.05, 3.63) is 70.1 Å². The average Bonchev–Trinajstić information content (AvgIpc) is 2.66. The second-order valence-electron chi connectivity index (χ2n) is 7.69. The van der Waals surface area contributed by atoms with Crippen molar-refractivity contribution in [2.24, 2.45) is 5.92 Å². The number of aryl methyl sites for hydroxylation is 1. The Morgan fingerprint density at radius 2 is 1.93 bits per heavy atom. The number of pyridine rings is 1. The number of carbonyl (C=O) groups is 1. The van der Waals surface area contributed by atoms with Crippen molar-refractivity contribution >= 4 is 22.4 Å². The third-order valence-corrected chi connectivity index (χ3v) is 4.76. The van der Waals surface area contributed by atoms with Gasteiger partial charge in [0.1, 0.15) is 5.75 Å². The summed E-state index contributed by atoms with van der Waals surface area (Å²) in [6.45, 7) is 9.36. The van der Waals surface area contributed by atoms with Gasteiger partial charge in [-0.2, -0.15) is 0 Å². The van der Waals surface area contributed by atoms with Crippen LogP contribution in [0.2, 0.25) is 0 Å². The van der Waals surface area contributed by atoms with E-state index < -0.39 is 0 Å². The van der Waals surface area contributed by atoms with Crippen LogP contribution in [0.15, 0.2) is 53.5 Å². The number of carbonyl (C=O) groups excluding carboxylic acids is 1. The molecule has 5 nitrogen and oxygen atoms in total. The molecular formula is C24H28N2O3. The van der Waals surface area contributed by atoms with E-state index in [1.807, 2.05) is 44.2 Å². The summed E-state index contributed by atoms with van der Waals surface area (Å²) < 4.78 is 7.28. The van der Waals surface area contributed by atoms with Gasteiger partial charge in [-0.05, 0) is 55.2 Å². The Morgan fingerprint density at radius 3 is 2.62 bits per heavy atom. The van der Waals surface area contributed by atoms with E-state index in [4.69, 9.17) is 4.74 Å². The van der Waals surface area contributed by atoms with E-state index in [1.165, 1.54) is 0 Å². The predicted octanol–water partition coefficient (Wildman–Crippen LogP) is 4.55. The third kappa shape index (κ3) is 4.86. The van der Waals surface area contributed by atoms with Crippen molar-refractivity contribution in [2.75, 3.05) is 11.9 Å². The Morgan fingerprint density at radius 1 is 1.14 bits per heavy atom. The van der Waals surface area contributed by atoms with E-state index in [0.717, 1.165) is 22.3 Å². The van der Waals surface area contributed by atoms with Crippen LogP contribution in [-0.4, -0.2) is 17.1 Å². The van der Waals surface area contributed by atoms with Crippen molar-refractivity contribution in [1.29, 1.82) is 0 Å². The number of rotatable bonds is 7. The second kappa shape index (κ2) is 8.95. The smallest absolute Gasteiger partial charge is 0.258 e. The summed E-state index contributed by atoms with van der Waals surface area (Å²) in [4.78, 5) is 25.4. The minimum Gasteiger partial charge on any atom is -0.494 e. The maximum absolute atomic E-state index is 12.8. The molecule has 3 aromatic rings. The zero-order valence-electron chi connectivity index (χ0n) is 17.5. The minimum atomic E-state index is -0.118. The average molecular weight is 392 g/mol. The lowest BCUT2D eigenvalue weighted by Crippen LogP contribution is -2.22. The molecular weight excluding hydrogens is 364 g/mol. The van der Waals surface area contributed by atoms with E-state index in [2.05, 4.69) is 19.2 Å². The highest BCUT2D eigenvalue weighted by Gasteiger charge is 2.11. The summed E-state index contributed by atoms with van der Waals surface area (Å²) in [6.07, 6.45) is 2.06.